The van der Waals surface area contributed by atoms with Crippen LogP contribution >= 0.6 is 12.4 Å². The molecule has 4 fully saturated rings. The van der Waals surface area contributed by atoms with Gasteiger partial charge >= 0.3 is 5.97 Å². The van der Waals surface area contributed by atoms with E-state index in [1.54, 1.807) is 0 Å². The summed E-state index contributed by atoms with van der Waals surface area (Å²) < 4.78 is 22.2. The Hall–Kier alpha value is -2.09. The first-order valence-electron chi connectivity index (χ1n) is 17.8. The number of morpholine rings is 1. The SMILES string of the molecule is CC(=O)OC1CCC2(C)C(=CCC3C4CCC(=O)C4(C)CCC32)C1.CCCCOc1ccc(OCCCN2CCOCC2)cc1.Cl. The number of unbranched alkanes of at least 4 members (excludes halogenated alkanes) is 1. The third-order valence-corrected chi connectivity index (χ3v) is 11.7. The predicted molar refractivity (Wildman–Crippen MR) is 184 cm³/mol. The molecule has 0 bridgehead atoms. The second kappa shape index (κ2) is 16.8. The van der Waals surface area contributed by atoms with Crippen molar-refractivity contribution in [1.82, 2.24) is 4.90 Å². The second-order valence-corrected chi connectivity index (χ2v) is 14.5. The Bertz CT molecular complexity index is 1170. The van der Waals surface area contributed by atoms with Gasteiger partial charge in [-0.3, -0.25) is 14.5 Å². The van der Waals surface area contributed by atoms with Crippen LogP contribution in [0.15, 0.2) is 35.9 Å². The Morgan fingerprint density at radius 2 is 1.57 bits per heavy atom. The highest BCUT2D eigenvalue weighted by Gasteiger charge is 2.58. The van der Waals surface area contributed by atoms with Crippen LogP contribution in [0, 0.1) is 28.6 Å². The minimum Gasteiger partial charge on any atom is -0.494 e. The van der Waals surface area contributed by atoms with Crippen LogP contribution in [-0.2, 0) is 19.1 Å². The zero-order chi connectivity index (χ0) is 31.9. The van der Waals surface area contributed by atoms with Gasteiger partial charge in [0.2, 0.25) is 0 Å². The van der Waals surface area contributed by atoms with E-state index in [9.17, 15) is 9.59 Å². The van der Waals surface area contributed by atoms with Gasteiger partial charge in [-0.2, -0.15) is 0 Å². The zero-order valence-corrected chi connectivity index (χ0v) is 29.5. The predicted octanol–water partition coefficient (Wildman–Crippen LogP) is 7.84. The largest absolute Gasteiger partial charge is 0.494 e. The van der Waals surface area contributed by atoms with Gasteiger partial charge in [-0.1, -0.05) is 38.8 Å². The van der Waals surface area contributed by atoms with E-state index in [-0.39, 0.29) is 35.3 Å². The summed E-state index contributed by atoms with van der Waals surface area (Å²) in [5.74, 6) is 4.17. The lowest BCUT2D eigenvalue weighted by Gasteiger charge is -2.56. The number of allylic oxidation sites excluding steroid dienone is 1. The molecule has 1 saturated heterocycles. The first kappa shape index (κ1) is 36.7. The van der Waals surface area contributed by atoms with Crippen molar-refractivity contribution in [3.63, 3.8) is 0 Å². The van der Waals surface area contributed by atoms with Gasteiger partial charge in [0.25, 0.3) is 0 Å². The van der Waals surface area contributed by atoms with Crippen LogP contribution in [0.5, 0.6) is 11.5 Å². The summed E-state index contributed by atoms with van der Waals surface area (Å²) in [7, 11) is 0. The van der Waals surface area contributed by atoms with Crippen molar-refractivity contribution in [2.75, 3.05) is 46.1 Å². The van der Waals surface area contributed by atoms with Gasteiger partial charge in [-0.05, 0) is 98.8 Å². The molecule has 1 heterocycles. The van der Waals surface area contributed by atoms with Gasteiger partial charge in [-0.15, -0.1) is 12.4 Å². The molecule has 0 N–H and O–H groups in total. The number of ketones is 1. The fourth-order valence-electron chi connectivity index (χ4n) is 9.00. The smallest absolute Gasteiger partial charge is 0.302 e. The van der Waals surface area contributed by atoms with Crippen molar-refractivity contribution < 1.29 is 28.5 Å². The molecule has 8 heteroatoms. The van der Waals surface area contributed by atoms with Crippen molar-refractivity contribution in [3.05, 3.63) is 35.9 Å². The van der Waals surface area contributed by atoms with Crippen LogP contribution < -0.4 is 9.47 Å². The normalized spacial score (nSPS) is 31.9. The molecule has 6 atom stereocenters. The van der Waals surface area contributed by atoms with Gasteiger partial charge in [0.15, 0.2) is 0 Å². The molecule has 1 aromatic rings. The molecule has 7 nitrogen and oxygen atoms in total. The van der Waals surface area contributed by atoms with E-state index < -0.39 is 0 Å². The molecule has 1 aliphatic heterocycles. The molecule has 5 aliphatic rings. The Balaban J connectivity index is 0.000000207. The lowest BCUT2D eigenvalue weighted by Crippen LogP contribution is -2.50. The van der Waals surface area contributed by atoms with Gasteiger partial charge in [0.05, 0.1) is 26.4 Å². The van der Waals surface area contributed by atoms with E-state index in [2.05, 4.69) is 31.7 Å². The third kappa shape index (κ3) is 8.68. The van der Waals surface area contributed by atoms with Gasteiger partial charge in [0.1, 0.15) is 23.4 Å². The minimum atomic E-state index is -0.157. The molecule has 0 spiro atoms. The van der Waals surface area contributed by atoms with E-state index >= 15 is 0 Å². The summed E-state index contributed by atoms with van der Waals surface area (Å²) in [6.07, 6.45) is 14.1. The summed E-state index contributed by atoms with van der Waals surface area (Å²) in [5.41, 5.74) is 1.74. The Morgan fingerprint density at radius 1 is 0.935 bits per heavy atom. The summed E-state index contributed by atoms with van der Waals surface area (Å²) in [5, 5.41) is 0. The van der Waals surface area contributed by atoms with Gasteiger partial charge < -0.3 is 18.9 Å². The maximum Gasteiger partial charge on any atom is 0.302 e. The van der Waals surface area contributed by atoms with Crippen LogP contribution in [0.1, 0.15) is 98.3 Å². The van der Waals surface area contributed by atoms with Crippen LogP contribution in [0.25, 0.3) is 0 Å². The molecule has 0 aromatic heterocycles. The summed E-state index contributed by atoms with van der Waals surface area (Å²) >= 11 is 0. The Labute approximate surface area is 283 Å². The van der Waals surface area contributed by atoms with Crippen molar-refractivity contribution in [3.8, 4) is 11.5 Å². The summed E-state index contributed by atoms with van der Waals surface area (Å²) in [6, 6.07) is 7.92. The number of Topliss-reactive ketones (excluding diaryl/α,β-unsaturated/α-hetero) is 1. The zero-order valence-electron chi connectivity index (χ0n) is 28.7. The second-order valence-electron chi connectivity index (χ2n) is 14.5. The van der Waals surface area contributed by atoms with Gasteiger partial charge in [0, 0.05) is 44.8 Å². The number of carbonyl (C=O) groups excluding carboxylic acids is 2. The number of hydrogen-bond donors (Lipinski definition) is 0. The lowest BCUT2D eigenvalue weighted by atomic mass is 9.48. The summed E-state index contributed by atoms with van der Waals surface area (Å²) in [4.78, 5) is 26.2. The number of esters is 1. The summed E-state index contributed by atoms with van der Waals surface area (Å²) in [6.45, 7) is 14.8. The van der Waals surface area contributed by atoms with E-state index in [0.29, 0.717) is 23.5 Å². The Kier molecular flexibility index (Phi) is 13.4. The molecule has 6 rings (SSSR count). The number of fused-ring (bicyclic) bond motifs is 5. The Morgan fingerprint density at radius 3 is 2.22 bits per heavy atom. The van der Waals surface area contributed by atoms with Crippen molar-refractivity contribution in [2.24, 2.45) is 28.6 Å². The van der Waals surface area contributed by atoms with E-state index in [1.165, 1.54) is 18.9 Å². The molecule has 0 amide bonds. The van der Waals surface area contributed by atoms with E-state index in [0.717, 1.165) is 122 Å². The number of hydrogen-bond acceptors (Lipinski definition) is 7. The topological polar surface area (TPSA) is 74.3 Å². The average Bonchev–Trinajstić information content (AvgIpc) is 3.35. The maximum absolute atomic E-state index is 12.4. The molecule has 3 saturated carbocycles. The first-order chi connectivity index (χ1) is 21.7. The molecule has 6 unspecified atom stereocenters. The molecular formula is C38H58ClNO6. The van der Waals surface area contributed by atoms with Crippen LogP contribution in [0.4, 0.5) is 0 Å². The number of rotatable bonds is 10. The number of carbonyl (C=O) groups is 2. The van der Waals surface area contributed by atoms with E-state index in [4.69, 9.17) is 18.9 Å². The minimum absolute atomic E-state index is 0. The number of ether oxygens (including phenoxy) is 4. The molecule has 258 valence electrons. The molecule has 46 heavy (non-hydrogen) atoms. The first-order valence-corrected chi connectivity index (χ1v) is 17.8. The monoisotopic (exact) mass is 659 g/mol. The quantitative estimate of drug-likeness (QED) is 0.144. The number of benzene rings is 1. The van der Waals surface area contributed by atoms with E-state index in [1.807, 2.05) is 24.3 Å². The molecule has 0 radical (unpaired) electrons. The van der Waals surface area contributed by atoms with Crippen molar-refractivity contribution in [1.29, 1.82) is 0 Å². The molecule has 1 aromatic carbocycles. The standard InChI is InChI=1S/C21H30O3.C17H27NO3.ClH/c1-13(22)24-15-8-10-20(2)14(12-15)4-5-16-17-6-7-19(23)21(17,3)11-9-18(16)20;1-2-3-12-20-16-5-7-17(8-6-16)21-13-4-9-18-10-14-19-15-11-18;/h4,15-18H,5-12H2,1-3H3;5-8H,2-4,9-15H2,1H3;1H. The molecule has 4 aliphatic carbocycles. The highest BCUT2D eigenvalue weighted by atomic mass is 35.5. The molecular weight excluding hydrogens is 602 g/mol. The maximum atomic E-state index is 12.4. The van der Waals surface area contributed by atoms with Gasteiger partial charge in [-0.25, -0.2) is 0 Å². The highest BCUT2D eigenvalue weighted by Crippen LogP contribution is 2.64. The number of nitrogens with zero attached hydrogens (tertiary/aromatic N) is 1. The third-order valence-electron chi connectivity index (χ3n) is 11.7. The highest BCUT2D eigenvalue weighted by molar-refractivity contribution is 5.87. The van der Waals surface area contributed by atoms with Crippen LogP contribution in [0.3, 0.4) is 0 Å². The van der Waals surface area contributed by atoms with Crippen molar-refractivity contribution in [2.45, 2.75) is 104 Å². The fraction of sp³-hybridized carbons (Fsp3) is 0.737. The lowest BCUT2D eigenvalue weighted by molar-refractivity contribution is -0.148. The van der Waals surface area contributed by atoms with Crippen LogP contribution in [-0.4, -0.2) is 68.8 Å². The number of halogens is 1. The fourth-order valence-corrected chi connectivity index (χ4v) is 9.00. The van der Waals surface area contributed by atoms with Crippen molar-refractivity contribution >= 4 is 24.2 Å². The van der Waals surface area contributed by atoms with Crippen LogP contribution in [0.2, 0.25) is 0 Å². The average molecular weight is 660 g/mol.